The van der Waals surface area contributed by atoms with E-state index in [1.165, 1.54) is 0 Å². The lowest BCUT2D eigenvalue weighted by atomic mass is 10.1. The van der Waals surface area contributed by atoms with Crippen molar-refractivity contribution in [3.05, 3.63) is 52.3 Å². The second kappa shape index (κ2) is 5.38. The van der Waals surface area contributed by atoms with Crippen LogP contribution in [-0.2, 0) is 6.54 Å². The lowest BCUT2D eigenvalue weighted by Crippen LogP contribution is -2.02. The van der Waals surface area contributed by atoms with Crippen LogP contribution in [0.4, 0.5) is 0 Å². The quantitative estimate of drug-likeness (QED) is 0.919. The third-order valence-electron chi connectivity index (χ3n) is 2.68. The van der Waals surface area contributed by atoms with E-state index in [0.717, 1.165) is 27.6 Å². The molecule has 0 unspecified atom stereocenters. The molecule has 2 N–H and O–H groups in total. The van der Waals surface area contributed by atoms with Gasteiger partial charge in [-0.05, 0) is 49.2 Å². The van der Waals surface area contributed by atoms with Gasteiger partial charge in [-0.1, -0.05) is 11.6 Å². The van der Waals surface area contributed by atoms with Crippen molar-refractivity contribution < 1.29 is 4.74 Å². The summed E-state index contributed by atoms with van der Waals surface area (Å²) < 4.78 is 5.82. The summed E-state index contributed by atoms with van der Waals surface area (Å²) in [4.78, 5) is 4.18. The van der Waals surface area contributed by atoms with E-state index in [4.69, 9.17) is 22.1 Å². The maximum absolute atomic E-state index is 6.12. The minimum absolute atomic E-state index is 0.349. The van der Waals surface area contributed by atoms with Crippen molar-refractivity contribution in [2.45, 2.75) is 20.4 Å². The Balaban J connectivity index is 2.34. The van der Waals surface area contributed by atoms with Gasteiger partial charge in [0.25, 0.3) is 0 Å². The largest absolute Gasteiger partial charge is 0.455 e. The van der Waals surface area contributed by atoms with Crippen molar-refractivity contribution in [1.29, 1.82) is 0 Å². The van der Waals surface area contributed by atoms with Crippen LogP contribution < -0.4 is 10.5 Å². The molecule has 0 saturated heterocycles. The number of benzene rings is 1. The van der Waals surface area contributed by atoms with E-state index < -0.39 is 0 Å². The van der Waals surface area contributed by atoms with E-state index in [0.29, 0.717) is 12.3 Å². The molecule has 4 heteroatoms. The molecular formula is C14H15ClN2O. The summed E-state index contributed by atoms with van der Waals surface area (Å²) >= 11 is 6.12. The number of ether oxygens (including phenoxy) is 1. The zero-order chi connectivity index (χ0) is 13.1. The van der Waals surface area contributed by atoms with Crippen LogP contribution in [-0.4, -0.2) is 4.98 Å². The first kappa shape index (κ1) is 12.9. The molecule has 94 valence electrons. The number of nitrogens with zero attached hydrogens (tertiary/aromatic N) is 1. The van der Waals surface area contributed by atoms with Crippen LogP contribution in [0.5, 0.6) is 11.5 Å². The van der Waals surface area contributed by atoms with Crippen molar-refractivity contribution in [3.63, 3.8) is 0 Å². The number of aromatic nitrogens is 1. The summed E-state index contributed by atoms with van der Waals surface area (Å²) in [6.07, 6.45) is 1.70. The topological polar surface area (TPSA) is 48.1 Å². The normalized spacial score (nSPS) is 10.4. The Morgan fingerprint density at radius 3 is 2.56 bits per heavy atom. The summed E-state index contributed by atoms with van der Waals surface area (Å²) in [5.41, 5.74) is 8.34. The molecule has 2 aromatic rings. The predicted molar refractivity (Wildman–Crippen MR) is 73.1 cm³/mol. The highest BCUT2D eigenvalue weighted by atomic mass is 35.5. The highest BCUT2D eigenvalue weighted by molar-refractivity contribution is 6.32. The Bertz CT molecular complexity index is 546. The van der Waals surface area contributed by atoms with E-state index in [1.807, 2.05) is 38.1 Å². The van der Waals surface area contributed by atoms with Gasteiger partial charge in [-0.2, -0.15) is 0 Å². The lowest BCUT2D eigenvalue weighted by molar-refractivity contribution is 0.472. The Morgan fingerprint density at radius 1 is 1.28 bits per heavy atom. The van der Waals surface area contributed by atoms with Gasteiger partial charge in [-0.25, -0.2) is 0 Å². The summed E-state index contributed by atoms with van der Waals surface area (Å²) in [7, 11) is 0. The molecule has 2 rings (SSSR count). The van der Waals surface area contributed by atoms with Crippen LogP contribution >= 0.6 is 11.6 Å². The van der Waals surface area contributed by atoms with Crippen molar-refractivity contribution in [3.8, 4) is 11.5 Å². The Hall–Kier alpha value is -1.58. The number of hydrogen-bond acceptors (Lipinski definition) is 3. The molecule has 1 aromatic carbocycles. The average Bonchev–Trinajstić information content (AvgIpc) is 2.36. The molecule has 1 heterocycles. The Kier molecular flexibility index (Phi) is 3.84. The second-order valence-corrected chi connectivity index (χ2v) is 4.50. The molecular weight excluding hydrogens is 248 g/mol. The fourth-order valence-corrected chi connectivity index (χ4v) is 1.87. The van der Waals surface area contributed by atoms with E-state index in [-0.39, 0.29) is 0 Å². The van der Waals surface area contributed by atoms with Crippen molar-refractivity contribution in [2.75, 3.05) is 0 Å². The van der Waals surface area contributed by atoms with E-state index >= 15 is 0 Å². The Labute approximate surface area is 112 Å². The SMILES string of the molecule is Cc1cc(Oc2cccnc2CN)cc(C)c1Cl. The summed E-state index contributed by atoms with van der Waals surface area (Å²) in [5.74, 6) is 1.43. The first-order valence-electron chi connectivity index (χ1n) is 5.70. The van der Waals surface area contributed by atoms with Gasteiger partial charge in [0, 0.05) is 17.8 Å². The highest BCUT2D eigenvalue weighted by Gasteiger charge is 2.07. The second-order valence-electron chi connectivity index (χ2n) is 4.13. The molecule has 0 spiro atoms. The van der Waals surface area contributed by atoms with Gasteiger partial charge in [0.05, 0.1) is 5.69 Å². The van der Waals surface area contributed by atoms with Crippen molar-refractivity contribution >= 4 is 11.6 Å². The van der Waals surface area contributed by atoms with Gasteiger partial charge in [-0.15, -0.1) is 0 Å². The van der Waals surface area contributed by atoms with Crippen LogP contribution in [0.25, 0.3) is 0 Å². The number of nitrogens with two attached hydrogens (primary N) is 1. The highest BCUT2D eigenvalue weighted by Crippen LogP contribution is 2.29. The molecule has 0 saturated carbocycles. The van der Waals surface area contributed by atoms with Crippen LogP contribution in [0.3, 0.4) is 0 Å². The van der Waals surface area contributed by atoms with E-state index in [2.05, 4.69) is 4.98 Å². The van der Waals surface area contributed by atoms with Gasteiger partial charge in [0.15, 0.2) is 0 Å². The Morgan fingerprint density at radius 2 is 1.94 bits per heavy atom. The fourth-order valence-electron chi connectivity index (χ4n) is 1.76. The first-order chi connectivity index (χ1) is 8.61. The summed E-state index contributed by atoms with van der Waals surface area (Å²) in [6.45, 7) is 4.26. The molecule has 18 heavy (non-hydrogen) atoms. The van der Waals surface area contributed by atoms with Crippen LogP contribution in [0.1, 0.15) is 16.8 Å². The predicted octanol–water partition coefficient (Wildman–Crippen LogP) is 3.60. The number of aryl methyl sites for hydroxylation is 2. The van der Waals surface area contributed by atoms with Crippen molar-refractivity contribution in [2.24, 2.45) is 5.73 Å². The van der Waals surface area contributed by atoms with Crippen LogP contribution in [0.2, 0.25) is 5.02 Å². The molecule has 1 aromatic heterocycles. The van der Waals surface area contributed by atoms with Gasteiger partial charge >= 0.3 is 0 Å². The van der Waals surface area contributed by atoms with Gasteiger partial charge < -0.3 is 10.5 Å². The monoisotopic (exact) mass is 262 g/mol. The lowest BCUT2D eigenvalue weighted by Gasteiger charge is -2.11. The fraction of sp³-hybridized carbons (Fsp3) is 0.214. The van der Waals surface area contributed by atoms with Crippen LogP contribution in [0.15, 0.2) is 30.5 Å². The molecule has 0 aliphatic heterocycles. The van der Waals surface area contributed by atoms with Gasteiger partial charge in [0.2, 0.25) is 0 Å². The minimum atomic E-state index is 0.349. The zero-order valence-corrected chi connectivity index (χ0v) is 11.2. The molecule has 0 bridgehead atoms. The molecule has 0 radical (unpaired) electrons. The van der Waals surface area contributed by atoms with E-state index in [9.17, 15) is 0 Å². The van der Waals surface area contributed by atoms with E-state index in [1.54, 1.807) is 6.20 Å². The van der Waals surface area contributed by atoms with Gasteiger partial charge in [0.1, 0.15) is 11.5 Å². The number of halogens is 1. The maximum Gasteiger partial charge on any atom is 0.150 e. The summed E-state index contributed by atoms with van der Waals surface area (Å²) in [5, 5.41) is 0.771. The number of hydrogen-bond donors (Lipinski definition) is 1. The minimum Gasteiger partial charge on any atom is -0.455 e. The first-order valence-corrected chi connectivity index (χ1v) is 6.08. The summed E-state index contributed by atoms with van der Waals surface area (Å²) in [6, 6.07) is 7.49. The maximum atomic E-state index is 6.12. The molecule has 0 aliphatic carbocycles. The third kappa shape index (κ3) is 2.63. The van der Waals surface area contributed by atoms with Crippen LogP contribution in [0, 0.1) is 13.8 Å². The molecule has 0 fully saturated rings. The molecule has 0 aliphatic rings. The number of pyridine rings is 1. The average molecular weight is 263 g/mol. The molecule has 0 amide bonds. The molecule has 3 nitrogen and oxygen atoms in total. The third-order valence-corrected chi connectivity index (χ3v) is 3.28. The van der Waals surface area contributed by atoms with Gasteiger partial charge in [-0.3, -0.25) is 4.98 Å². The number of rotatable bonds is 3. The molecule has 0 atom stereocenters. The zero-order valence-electron chi connectivity index (χ0n) is 10.4. The van der Waals surface area contributed by atoms with Crippen molar-refractivity contribution in [1.82, 2.24) is 4.98 Å². The smallest absolute Gasteiger partial charge is 0.150 e. The standard InChI is InChI=1S/C14H15ClN2O/c1-9-6-11(7-10(2)14(9)15)18-13-4-3-5-17-12(13)8-16/h3-7H,8,16H2,1-2H3.